The molecule has 1 amide bonds. The highest BCUT2D eigenvalue weighted by molar-refractivity contribution is 5.79. The second-order valence-corrected chi connectivity index (χ2v) is 4.91. The summed E-state index contributed by atoms with van der Waals surface area (Å²) in [6.07, 6.45) is 5.62. The standard InChI is InChI=1S/C17H23NO/c1-5-6-10-13(2)14(3)17(19)18-15(4)16-11-8-7-9-12-16/h5-15H,1H2,2-4H3,(H,18,19)/b10-6+/t13-,14+,15-/m1/s1. The van der Waals surface area contributed by atoms with Gasteiger partial charge in [-0.05, 0) is 18.4 Å². The average molecular weight is 257 g/mol. The van der Waals surface area contributed by atoms with Crippen LogP contribution in [0, 0.1) is 11.8 Å². The Kier molecular flexibility index (Phi) is 6.07. The van der Waals surface area contributed by atoms with E-state index in [9.17, 15) is 4.79 Å². The van der Waals surface area contributed by atoms with Gasteiger partial charge >= 0.3 is 0 Å². The van der Waals surface area contributed by atoms with Crippen LogP contribution in [0.5, 0.6) is 0 Å². The van der Waals surface area contributed by atoms with Gasteiger partial charge in [-0.3, -0.25) is 4.79 Å². The van der Waals surface area contributed by atoms with Crippen LogP contribution in [0.1, 0.15) is 32.4 Å². The lowest BCUT2D eigenvalue weighted by Gasteiger charge is -2.20. The number of rotatable bonds is 6. The number of hydrogen-bond donors (Lipinski definition) is 1. The van der Waals surface area contributed by atoms with E-state index < -0.39 is 0 Å². The molecule has 2 nitrogen and oxygen atoms in total. The van der Waals surface area contributed by atoms with Crippen LogP contribution in [0.25, 0.3) is 0 Å². The zero-order valence-corrected chi connectivity index (χ0v) is 12.0. The maximum Gasteiger partial charge on any atom is 0.223 e. The quantitative estimate of drug-likeness (QED) is 0.770. The first-order chi connectivity index (χ1) is 9.06. The molecule has 1 N–H and O–H groups in total. The first kappa shape index (κ1) is 15.2. The fraction of sp³-hybridized carbons (Fsp3) is 0.353. The number of benzene rings is 1. The normalized spacial score (nSPS) is 15.7. The van der Waals surface area contributed by atoms with Crippen molar-refractivity contribution in [1.29, 1.82) is 0 Å². The van der Waals surface area contributed by atoms with Crippen molar-refractivity contribution < 1.29 is 4.79 Å². The molecular formula is C17H23NO. The van der Waals surface area contributed by atoms with Gasteiger partial charge in [-0.2, -0.15) is 0 Å². The Bertz CT molecular complexity index is 436. The molecule has 0 spiro atoms. The molecule has 1 rings (SSSR count). The molecule has 3 atom stereocenters. The van der Waals surface area contributed by atoms with Crippen molar-refractivity contribution in [3.8, 4) is 0 Å². The summed E-state index contributed by atoms with van der Waals surface area (Å²) in [6.45, 7) is 9.63. The zero-order valence-electron chi connectivity index (χ0n) is 12.0. The lowest BCUT2D eigenvalue weighted by atomic mass is 9.94. The molecule has 0 bridgehead atoms. The summed E-state index contributed by atoms with van der Waals surface area (Å²) < 4.78 is 0. The Morgan fingerprint density at radius 3 is 2.42 bits per heavy atom. The maximum absolute atomic E-state index is 12.2. The van der Waals surface area contributed by atoms with Gasteiger partial charge in [0.1, 0.15) is 0 Å². The lowest BCUT2D eigenvalue weighted by Crippen LogP contribution is -2.33. The van der Waals surface area contributed by atoms with Crippen molar-refractivity contribution >= 4 is 5.91 Å². The highest BCUT2D eigenvalue weighted by Crippen LogP contribution is 2.16. The van der Waals surface area contributed by atoms with Crippen LogP contribution in [-0.2, 0) is 4.79 Å². The summed E-state index contributed by atoms with van der Waals surface area (Å²) >= 11 is 0. The van der Waals surface area contributed by atoms with Crippen LogP contribution in [0.4, 0.5) is 0 Å². The van der Waals surface area contributed by atoms with Crippen LogP contribution >= 0.6 is 0 Å². The Morgan fingerprint density at radius 1 is 1.21 bits per heavy atom. The summed E-state index contributed by atoms with van der Waals surface area (Å²) in [5, 5.41) is 3.05. The Balaban J connectivity index is 2.59. The number of allylic oxidation sites excluding steroid dienone is 3. The van der Waals surface area contributed by atoms with Crippen LogP contribution in [0.15, 0.2) is 55.1 Å². The van der Waals surface area contributed by atoms with E-state index in [1.807, 2.05) is 63.3 Å². The highest BCUT2D eigenvalue weighted by atomic mass is 16.1. The summed E-state index contributed by atoms with van der Waals surface area (Å²) in [6, 6.07) is 10.0. The minimum atomic E-state index is -0.0534. The van der Waals surface area contributed by atoms with Gasteiger partial charge in [-0.15, -0.1) is 0 Å². The van der Waals surface area contributed by atoms with E-state index in [0.29, 0.717) is 0 Å². The second kappa shape index (κ2) is 7.57. The molecule has 102 valence electrons. The van der Waals surface area contributed by atoms with E-state index in [4.69, 9.17) is 0 Å². The molecule has 0 aliphatic rings. The van der Waals surface area contributed by atoms with Crippen molar-refractivity contribution in [3.05, 3.63) is 60.7 Å². The van der Waals surface area contributed by atoms with Gasteiger partial charge in [0, 0.05) is 5.92 Å². The third-order valence-electron chi connectivity index (χ3n) is 3.41. The minimum absolute atomic E-state index is 0.0340. The summed E-state index contributed by atoms with van der Waals surface area (Å²) in [5.74, 6) is 0.223. The number of nitrogens with one attached hydrogen (secondary N) is 1. The van der Waals surface area contributed by atoms with Crippen molar-refractivity contribution in [1.82, 2.24) is 5.32 Å². The SMILES string of the molecule is C=C/C=C/[C@@H](C)[C@H](C)C(=O)N[C@H](C)c1ccccc1. The molecular weight excluding hydrogens is 234 g/mol. The number of carbonyl (C=O) groups is 1. The summed E-state index contributed by atoms with van der Waals surface area (Å²) in [4.78, 5) is 12.2. The van der Waals surface area contributed by atoms with E-state index >= 15 is 0 Å². The van der Waals surface area contributed by atoms with Crippen molar-refractivity contribution in [2.24, 2.45) is 11.8 Å². The van der Waals surface area contributed by atoms with Gasteiger partial charge in [-0.25, -0.2) is 0 Å². The van der Waals surface area contributed by atoms with Crippen LogP contribution < -0.4 is 5.32 Å². The molecule has 0 unspecified atom stereocenters. The van der Waals surface area contributed by atoms with Gasteiger partial charge in [0.15, 0.2) is 0 Å². The number of carbonyl (C=O) groups excluding carboxylic acids is 1. The van der Waals surface area contributed by atoms with Gasteiger partial charge < -0.3 is 5.32 Å². The zero-order chi connectivity index (χ0) is 14.3. The second-order valence-electron chi connectivity index (χ2n) is 4.91. The van der Waals surface area contributed by atoms with Gasteiger partial charge in [0.05, 0.1) is 6.04 Å². The van der Waals surface area contributed by atoms with Crippen LogP contribution in [-0.4, -0.2) is 5.91 Å². The van der Waals surface area contributed by atoms with Crippen LogP contribution in [0.2, 0.25) is 0 Å². The molecule has 0 fully saturated rings. The molecule has 19 heavy (non-hydrogen) atoms. The Hall–Kier alpha value is -1.83. The fourth-order valence-corrected chi connectivity index (χ4v) is 1.83. The smallest absolute Gasteiger partial charge is 0.223 e. The summed E-state index contributed by atoms with van der Waals surface area (Å²) in [7, 11) is 0. The van der Waals surface area contributed by atoms with E-state index in [2.05, 4.69) is 11.9 Å². The lowest BCUT2D eigenvalue weighted by molar-refractivity contribution is -0.126. The largest absolute Gasteiger partial charge is 0.349 e. The monoisotopic (exact) mass is 257 g/mol. The highest BCUT2D eigenvalue weighted by Gasteiger charge is 2.19. The first-order valence-electron chi connectivity index (χ1n) is 6.70. The van der Waals surface area contributed by atoms with Gasteiger partial charge in [0.25, 0.3) is 0 Å². The predicted molar refractivity (Wildman–Crippen MR) is 80.7 cm³/mol. The third kappa shape index (κ3) is 4.74. The first-order valence-corrected chi connectivity index (χ1v) is 6.70. The maximum atomic E-state index is 12.2. The molecule has 0 aromatic heterocycles. The molecule has 0 saturated heterocycles. The Morgan fingerprint density at radius 2 is 1.84 bits per heavy atom. The van der Waals surface area contributed by atoms with E-state index in [1.54, 1.807) is 6.08 Å². The average Bonchev–Trinajstić information content (AvgIpc) is 2.44. The van der Waals surface area contributed by atoms with E-state index in [-0.39, 0.29) is 23.8 Å². The van der Waals surface area contributed by atoms with Crippen molar-refractivity contribution in [2.45, 2.75) is 26.8 Å². The summed E-state index contributed by atoms with van der Waals surface area (Å²) in [5.41, 5.74) is 1.12. The third-order valence-corrected chi connectivity index (χ3v) is 3.41. The molecule has 0 aliphatic carbocycles. The van der Waals surface area contributed by atoms with Crippen LogP contribution in [0.3, 0.4) is 0 Å². The molecule has 2 heteroatoms. The topological polar surface area (TPSA) is 29.1 Å². The molecule has 0 radical (unpaired) electrons. The minimum Gasteiger partial charge on any atom is -0.349 e. The fourth-order valence-electron chi connectivity index (χ4n) is 1.83. The van der Waals surface area contributed by atoms with Gasteiger partial charge in [-0.1, -0.05) is 69.0 Å². The van der Waals surface area contributed by atoms with Gasteiger partial charge in [0.2, 0.25) is 5.91 Å². The molecule has 0 aliphatic heterocycles. The van der Waals surface area contributed by atoms with E-state index in [1.165, 1.54) is 0 Å². The molecule has 1 aromatic carbocycles. The number of hydrogen-bond acceptors (Lipinski definition) is 1. The number of amides is 1. The predicted octanol–water partition coefficient (Wildman–Crippen LogP) is 3.88. The Labute approximate surface area is 116 Å². The van der Waals surface area contributed by atoms with Crippen molar-refractivity contribution in [2.75, 3.05) is 0 Å². The van der Waals surface area contributed by atoms with Crippen molar-refractivity contribution in [3.63, 3.8) is 0 Å². The molecule has 0 heterocycles. The van der Waals surface area contributed by atoms with E-state index in [0.717, 1.165) is 5.56 Å². The molecule has 1 aromatic rings. The molecule has 0 saturated carbocycles.